The number of aromatic hydroxyl groups is 1. The summed E-state index contributed by atoms with van der Waals surface area (Å²) < 4.78 is 6.88. The lowest BCUT2D eigenvalue weighted by atomic mass is 10.0. The summed E-state index contributed by atoms with van der Waals surface area (Å²) in [7, 11) is 3.33. The summed E-state index contributed by atoms with van der Waals surface area (Å²) in [5.41, 5.74) is 2.29. The predicted octanol–water partition coefficient (Wildman–Crippen LogP) is 1.72. The minimum absolute atomic E-state index is 0.194. The first kappa shape index (κ1) is 13.4. The molecule has 0 bridgehead atoms. The highest BCUT2D eigenvalue weighted by molar-refractivity contribution is 5.35. The Balaban J connectivity index is 2.27. The number of methoxy groups -OCH3 is 1. The number of phenolic OH excluding ortho intramolecular Hbond substituents is 1. The second kappa shape index (κ2) is 5.32. The summed E-state index contributed by atoms with van der Waals surface area (Å²) in [6.07, 6.45) is -0.317. The molecule has 0 aliphatic carbocycles. The SMILES string of the molecule is COc1c(C(O)Cc2cccc(O)c2)c(C)nn1C. The third-order valence-corrected chi connectivity index (χ3v) is 3.08. The molecule has 0 radical (unpaired) electrons. The van der Waals surface area contributed by atoms with Gasteiger partial charge in [-0.3, -0.25) is 0 Å². The second-order valence-corrected chi connectivity index (χ2v) is 4.52. The van der Waals surface area contributed by atoms with E-state index in [0.717, 1.165) is 11.3 Å². The number of aliphatic hydroxyl groups is 1. The zero-order valence-corrected chi connectivity index (χ0v) is 11.3. The van der Waals surface area contributed by atoms with Gasteiger partial charge in [-0.15, -0.1) is 0 Å². The van der Waals surface area contributed by atoms with Crippen LogP contribution < -0.4 is 4.74 Å². The van der Waals surface area contributed by atoms with E-state index < -0.39 is 6.10 Å². The van der Waals surface area contributed by atoms with Gasteiger partial charge in [-0.1, -0.05) is 12.1 Å². The van der Waals surface area contributed by atoms with Gasteiger partial charge in [0.25, 0.3) is 0 Å². The molecule has 0 aliphatic heterocycles. The largest absolute Gasteiger partial charge is 0.508 e. The van der Waals surface area contributed by atoms with Crippen molar-refractivity contribution < 1.29 is 14.9 Å². The highest BCUT2D eigenvalue weighted by Crippen LogP contribution is 2.30. The van der Waals surface area contributed by atoms with Crippen LogP contribution in [0, 0.1) is 6.92 Å². The third-order valence-electron chi connectivity index (χ3n) is 3.08. The van der Waals surface area contributed by atoms with Crippen LogP contribution in [-0.2, 0) is 13.5 Å². The van der Waals surface area contributed by atoms with Gasteiger partial charge >= 0.3 is 0 Å². The fraction of sp³-hybridized carbons (Fsp3) is 0.357. The number of benzene rings is 1. The molecule has 0 aliphatic rings. The first-order valence-corrected chi connectivity index (χ1v) is 6.06. The highest BCUT2D eigenvalue weighted by atomic mass is 16.5. The maximum atomic E-state index is 10.4. The summed E-state index contributed by atoms with van der Waals surface area (Å²) in [5.74, 6) is 0.754. The number of aryl methyl sites for hydroxylation is 2. The van der Waals surface area contributed by atoms with Crippen molar-refractivity contribution in [3.8, 4) is 11.6 Å². The average Bonchev–Trinajstić information content (AvgIpc) is 2.63. The van der Waals surface area contributed by atoms with Crippen LogP contribution in [0.1, 0.15) is 22.9 Å². The molecule has 1 aromatic carbocycles. The van der Waals surface area contributed by atoms with Crippen molar-refractivity contribution in [2.75, 3.05) is 7.11 Å². The Morgan fingerprint density at radius 3 is 2.79 bits per heavy atom. The molecule has 0 amide bonds. The highest BCUT2D eigenvalue weighted by Gasteiger charge is 2.21. The molecular formula is C14H18N2O3. The van der Waals surface area contributed by atoms with E-state index in [1.807, 2.05) is 13.0 Å². The maximum absolute atomic E-state index is 10.4. The van der Waals surface area contributed by atoms with Crippen LogP contribution in [0.25, 0.3) is 0 Å². The number of ether oxygens (including phenoxy) is 1. The van der Waals surface area contributed by atoms with Crippen LogP contribution in [-0.4, -0.2) is 27.1 Å². The normalized spacial score (nSPS) is 12.4. The Morgan fingerprint density at radius 1 is 1.42 bits per heavy atom. The van der Waals surface area contributed by atoms with Gasteiger partial charge in [0.05, 0.1) is 24.5 Å². The first-order valence-electron chi connectivity index (χ1n) is 6.06. The molecule has 2 N–H and O–H groups in total. The summed E-state index contributed by atoms with van der Waals surface area (Å²) in [4.78, 5) is 0. The van der Waals surface area contributed by atoms with Gasteiger partial charge < -0.3 is 14.9 Å². The first-order chi connectivity index (χ1) is 9.02. The van der Waals surface area contributed by atoms with Crippen molar-refractivity contribution in [3.63, 3.8) is 0 Å². The van der Waals surface area contributed by atoms with Gasteiger partial charge in [-0.05, 0) is 24.6 Å². The standard InChI is InChI=1S/C14H18N2O3/c1-9-13(14(19-3)16(2)15-9)12(18)8-10-5-4-6-11(17)7-10/h4-7,12,17-18H,8H2,1-3H3. The molecule has 1 unspecified atom stereocenters. The fourth-order valence-corrected chi connectivity index (χ4v) is 2.29. The number of aliphatic hydroxyl groups excluding tert-OH is 1. The molecule has 2 aromatic rings. The topological polar surface area (TPSA) is 67.5 Å². The van der Waals surface area contributed by atoms with Crippen molar-refractivity contribution in [3.05, 3.63) is 41.1 Å². The van der Waals surface area contributed by atoms with Crippen LogP contribution in [0.15, 0.2) is 24.3 Å². The zero-order chi connectivity index (χ0) is 14.0. The molecular weight excluding hydrogens is 244 g/mol. The Hall–Kier alpha value is -2.01. The number of nitrogens with zero attached hydrogens (tertiary/aromatic N) is 2. The van der Waals surface area contributed by atoms with Gasteiger partial charge in [0.1, 0.15) is 5.75 Å². The third kappa shape index (κ3) is 2.71. The monoisotopic (exact) mass is 262 g/mol. The molecule has 2 rings (SSSR count). The Labute approximate surface area is 112 Å². The Morgan fingerprint density at radius 2 is 2.16 bits per heavy atom. The van der Waals surface area contributed by atoms with Crippen molar-refractivity contribution in [1.29, 1.82) is 0 Å². The second-order valence-electron chi connectivity index (χ2n) is 4.52. The van der Waals surface area contributed by atoms with E-state index in [1.54, 1.807) is 37.0 Å². The minimum Gasteiger partial charge on any atom is -0.508 e. The fourth-order valence-electron chi connectivity index (χ4n) is 2.29. The van der Waals surface area contributed by atoms with Crippen molar-refractivity contribution in [2.24, 2.45) is 7.05 Å². The molecule has 5 nitrogen and oxygen atoms in total. The van der Waals surface area contributed by atoms with Crippen LogP contribution in [0.3, 0.4) is 0 Å². The molecule has 102 valence electrons. The Kier molecular flexibility index (Phi) is 3.76. The molecule has 0 spiro atoms. The molecule has 1 heterocycles. The molecule has 0 saturated carbocycles. The average molecular weight is 262 g/mol. The van der Waals surface area contributed by atoms with E-state index in [1.165, 1.54) is 0 Å². The van der Waals surface area contributed by atoms with Crippen LogP contribution in [0.4, 0.5) is 0 Å². The van der Waals surface area contributed by atoms with Gasteiger partial charge in [0.2, 0.25) is 5.88 Å². The van der Waals surface area contributed by atoms with E-state index in [9.17, 15) is 10.2 Å². The lowest BCUT2D eigenvalue weighted by molar-refractivity contribution is 0.172. The van der Waals surface area contributed by atoms with Crippen molar-refractivity contribution in [1.82, 2.24) is 9.78 Å². The number of hydrogen-bond acceptors (Lipinski definition) is 4. The molecule has 1 atom stereocenters. The minimum atomic E-state index is -0.717. The molecule has 1 aromatic heterocycles. The lowest BCUT2D eigenvalue weighted by Crippen LogP contribution is -2.05. The van der Waals surface area contributed by atoms with Crippen molar-refractivity contribution in [2.45, 2.75) is 19.4 Å². The molecule has 5 heteroatoms. The van der Waals surface area contributed by atoms with Crippen LogP contribution >= 0.6 is 0 Å². The number of aromatic nitrogens is 2. The maximum Gasteiger partial charge on any atom is 0.217 e. The number of phenols is 1. The van der Waals surface area contributed by atoms with E-state index >= 15 is 0 Å². The Bertz CT molecular complexity index is 578. The quantitative estimate of drug-likeness (QED) is 0.880. The van der Waals surface area contributed by atoms with E-state index in [2.05, 4.69) is 5.10 Å². The lowest BCUT2D eigenvalue weighted by Gasteiger charge is -2.12. The number of hydrogen-bond donors (Lipinski definition) is 2. The summed E-state index contributed by atoms with van der Waals surface area (Å²) in [6.45, 7) is 1.84. The summed E-state index contributed by atoms with van der Waals surface area (Å²) in [5, 5.41) is 24.0. The van der Waals surface area contributed by atoms with Crippen LogP contribution in [0.2, 0.25) is 0 Å². The predicted molar refractivity (Wildman–Crippen MR) is 71.3 cm³/mol. The van der Waals surface area contributed by atoms with Crippen LogP contribution in [0.5, 0.6) is 11.6 Å². The van der Waals surface area contributed by atoms with Gasteiger partial charge in [-0.25, -0.2) is 4.68 Å². The van der Waals surface area contributed by atoms with E-state index in [-0.39, 0.29) is 5.75 Å². The molecule has 0 saturated heterocycles. The summed E-state index contributed by atoms with van der Waals surface area (Å²) in [6, 6.07) is 6.86. The van der Waals surface area contributed by atoms with E-state index in [0.29, 0.717) is 17.9 Å². The summed E-state index contributed by atoms with van der Waals surface area (Å²) >= 11 is 0. The van der Waals surface area contributed by atoms with Gasteiger partial charge in [0, 0.05) is 13.5 Å². The van der Waals surface area contributed by atoms with E-state index in [4.69, 9.17) is 4.74 Å². The molecule has 19 heavy (non-hydrogen) atoms. The van der Waals surface area contributed by atoms with Gasteiger partial charge in [0.15, 0.2) is 0 Å². The van der Waals surface area contributed by atoms with Gasteiger partial charge in [-0.2, -0.15) is 5.10 Å². The zero-order valence-electron chi connectivity index (χ0n) is 11.3. The smallest absolute Gasteiger partial charge is 0.217 e. The molecule has 0 fully saturated rings. The van der Waals surface area contributed by atoms with Crippen molar-refractivity contribution >= 4 is 0 Å². The number of rotatable bonds is 4.